The Hall–Kier alpha value is -3.70. The summed E-state index contributed by atoms with van der Waals surface area (Å²) in [6, 6.07) is 8.93. The highest BCUT2D eigenvalue weighted by molar-refractivity contribution is 5.50. The summed E-state index contributed by atoms with van der Waals surface area (Å²) >= 11 is 0. The zero-order chi connectivity index (χ0) is 25.1. The lowest BCUT2D eigenvalue weighted by molar-refractivity contribution is -0.142. The third kappa shape index (κ3) is 4.40. The van der Waals surface area contributed by atoms with Crippen LogP contribution in [0.5, 0.6) is 17.5 Å². The van der Waals surface area contributed by atoms with Gasteiger partial charge in [0.2, 0.25) is 11.8 Å². The zero-order valence-corrected chi connectivity index (χ0v) is 17.8. The fourth-order valence-corrected chi connectivity index (χ4v) is 4.79. The summed E-state index contributed by atoms with van der Waals surface area (Å²) in [4.78, 5) is 7.06. The minimum absolute atomic E-state index is 0.0797. The number of nitrogens with two attached hydrogens (primary N) is 2. The van der Waals surface area contributed by atoms with Crippen LogP contribution in [0.4, 0.5) is 37.7 Å². The molecule has 2 bridgehead atoms. The number of rotatable bonds is 4. The lowest BCUT2D eigenvalue weighted by atomic mass is 9.92. The van der Waals surface area contributed by atoms with Gasteiger partial charge in [0, 0.05) is 35.3 Å². The number of hydrogen-bond acceptors (Lipinski definition) is 6. The summed E-state index contributed by atoms with van der Waals surface area (Å²) in [7, 11) is 0. The van der Waals surface area contributed by atoms with Crippen molar-refractivity contribution in [2.24, 2.45) is 0 Å². The van der Waals surface area contributed by atoms with Gasteiger partial charge < -0.3 is 20.9 Å². The van der Waals surface area contributed by atoms with Gasteiger partial charge in [-0.25, -0.2) is 9.97 Å². The van der Waals surface area contributed by atoms with Gasteiger partial charge in [0.1, 0.15) is 11.9 Å². The van der Waals surface area contributed by atoms with Gasteiger partial charge in [0.25, 0.3) is 0 Å². The summed E-state index contributed by atoms with van der Waals surface area (Å²) in [5.41, 5.74) is 10.4. The summed E-state index contributed by atoms with van der Waals surface area (Å²) in [6.45, 7) is 0. The Kier molecular flexibility index (Phi) is 5.22. The molecule has 2 aliphatic rings. The van der Waals surface area contributed by atoms with Crippen LogP contribution in [-0.4, -0.2) is 16.1 Å². The molecule has 0 radical (unpaired) electrons. The predicted molar refractivity (Wildman–Crippen MR) is 113 cm³/mol. The average molecular weight is 496 g/mol. The molecule has 5 rings (SSSR count). The van der Waals surface area contributed by atoms with Crippen molar-refractivity contribution in [1.29, 1.82) is 0 Å². The maximum absolute atomic E-state index is 13.1. The summed E-state index contributed by atoms with van der Waals surface area (Å²) < 4.78 is 89.9. The van der Waals surface area contributed by atoms with Crippen molar-refractivity contribution in [3.63, 3.8) is 0 Å². The minimum Gasteiger partial charge on any atom is -0.473 e. The van der Waals surface area contributed by atoms with Gasteiger partial charge in [-0.1, -0.05) is 6.07 Å². The Morgan fingerprint density at radius 3 is 1.86 bits per heavy atom. The molecule has 2 aromatic heterocycles. The molecule has 3 unspecified atom stereocenters. The number of ether oxygens (including phenoxy) is 2. The van der Waals surface area contributed by atoms with Crippen molar-refractivity contribution in [3.05, 3.63) is 65.0 Å². The first-order chi connectivity index (χ1) is 16.4. The first kappa shape index (κ1) is 23.1. The minimum atomic E-state index is -4.68. The van der Waals surface area contributed by atoms with Crippen LogP contribution in [-0.2, 0) is 12.4 Å². The van der Waals surface area contributed by atoms with E-state index in [0.717, 1.165) is 30.0 Å². The van der Waals surface area contributed by atoms with Crippen LogP contribution in [0.1, 0.15) is 47.2 Å². The van der Waals surface area contributed by atoms with Gasteiger partial charge in [-0.15, -0.1) is 0 Å². The molecule has 0 aliphatic heterocycles. The average Bonchev–Trinajstić information content (AvgIpc) is 3.27. The maximum atomic E-state index is 13.1. The molecule has 3 atom stereocenters. The summed E-state index contributed by atoms with van der Waals surface area (Å²) in [5.74, 6) is -0.508. The molecule has 1 saturated carbocycles. The molecule has 0 saturated heterocycles. The standard InChI is InChI=1S/C23H18F6N4O2/c24-22(25,26)17-5-10(30)7-19(32-17)34-12-1-2-13-14-3-4-15(16(13)9-12)21(14)35-20-8-11(31)6-18(33-20)23(27,28)29/h1-2,5-9,14-15,21H,3-4H2,(H2,30,32)(H2,31,33). The predicted octanol–water partition coefficient (Wildman–Crippen LogP) is 5.89. The molecule has 12 heteroatoms. The quantitative estimate of drug-likeness (QED) is 0.437. The number of nitrogen functional groups attached to an aromatic ring is 2. The Labute approximate surface area is 194 Å². The molecule has 1 fully saturated rings. The van der Waals surface area contributed by atoms with E-state index in [1.165, 1.54) is 12.1 Å². The Morgan fingerprint density at radius 2 is 1.26 bits per heavy atom. The molecule has 35 heavy (non-hydrogen) atoms. The lowest BCUT2D eigenvalue weighted by Gasteiger charge is -2.19. The molecular weight excluding hydrogens is 478 g/mol. The number of pyridine rings is 2. The number of hydrogen-bond donors (Lipinski definition) is 2. The SMILES string of the molecule is Nc1cc(Oc2ccc3c(c2)C2CCC3C2Oc2cc(N)cc(C(F)(F)F)n2)nc(C(F)(F)F)c1. The Bertz CT molecular complexity index is 1290. The van der Waals surface area contributed by atoms with Gasteiger partial charge in [0.15, 0.2) is 11.4 Å². The van der Waals surface area contributed by atoms with Crippen molar-refractivity contribution in [1.82, 2.24) is 9.97 Å². The van der Waals surface area contributed by atoms with Gasteiger partial charge in [-0.2, -0.15) is 26.3 Å². The fraction of sp³-hybridized carbons (Fsp3) is 0.304. The van der Waals surface area contributed by atoms with E-state index in [1.807, 2.05) is 0 Å². The number of nitrogens with zero attached hydrogens (tertiary/aromatic N) is 2. The van der Waals surface area contributed by atoms with Crippen LogP contribution in [0.15, 0.2) is 42.5 Å². The van der Waals surface area contributed by atoms with E-state index in [-0.39, 0.29) is 40.7 Å². The van der Waals surface area contributed by atoms with Crippen molar-refractivity contribution in [3.8, 4) is 17.5 Å². The second kappa shape index (κ2) is 7.92. The van der Waals surface area contributed by atoms with Crippen molar-refractivity contribution < 1.29 is 35.8 Å². The summed E-state index contributed by atoms with van der Waals surface area (Å²) in [5, 5.41) is 0. The normalized spacial score (nSPS) is 21.1. The van der Waals surface area contributed by atoms with E-state index in [9.17, 15) is 26.3 Å². The Morgan fingerprint density at radius 1 is 0.714 bits per heavy atom. The number of alkyl halides is 6. The van der Waals surface area contributed by atoms with E-state index >= 15 is 0 Å². The molecular formula is C23H18F6N4O2. The molecule has 4 N–H and O–H groups in total. The molecule has 2 heterocycles. The maximum Gasteiger partial charge on any atom is 0.433 e. The molecule has 2 aliphatic carbocycles. The Balaban J connectivity index is 1.39. The number of fused-ring (bicyclic) bond motifs is 5. The van der Waals surface area contributed by atoms with Crippen molar-refractivity contribution in [2.45, 2.75) is 43.1 Å². The van der Waals surface area contributed by atoms with Gasteiger partial charge in [0.05, 0.1) is 0 Å². The van der Waals surface area contributed by atoms with E-state index in [1.54, 1.807) is 18.2 Å². The molecule has 3 aromatic rings. The highest BCUT2D eigenvalue weighted by Gasteiger charge is 2.48. The molecule has 0 spiro atoms. The van der Waals surface area contributed by atoms with Crippen LogP contribution < -0.4 is 20.9 Å². The number of halogens is 6. The number of benzene rings is 1. The summed E-state index contributed by atoms with van der Waals surface area (Å²) in [6.07, 6.45) is -8.33. The first-order valence-corrected chi connectivity index (χ1v) is 10.6. The number of anilines is 2. The van der Waals surface area contributed by atoms with Crippen LogP contribution >= 0.6 is 0 Å². The lowest BCUT2D eigenvalue weighted by Crippen LogP contribution is -2.21. The highest BCUT2D eigenvalue weighted by atomic mass is 19.4. The van der Waals surface area contributed by atoms with Crippen LogP contribution in [0.25, 0.3) is 0 Å². The van der Waals surface area contributed by atoms with Gasteiger partial charge in [-0.3, -0.25) is 0 Å². The highest BCUT2D eigenvalue weighted by Crippen LogP contribution is 2.55. The third-order valence-electron chi connectivity index (χ3n) is 6.15. The van der Waals surface area contributed by atoms with E-state index in [0.29, 0.717) is 6.07 Å². The first-order valence-electron chi connectivity index (χ1n) is 10.6. The topological polar surface area (TPSA) is 96.3 Å². The van der Waals surface area contributed by atoms with Crippen LogP contribution in [0.2, 0.25) is 0 Å². The monoisotopic (exact) mass is 496 g/mol. The fourth-order valence-electron chi connectivity index (χ4n) is 4.79. The second-order valence-corrected chi connectivity index (χ2v) is 8.51. The molecule has 6 nitrogen and oxygen atoms in total. The van der Waals surface area contributed by atoms with Crippen molar-refractivity contribution in [2.75, 3.05) is 11.5 Å². The smallest absolute Gasteiger partial charge is 0.433 e. The molecule has 1 aromatic carbocycles. The van der Waals surface area contributed by atoms with E-state index in [4.69, 9.17) is 20.9 Å². The van der Waals surface area contributed by atoms with Gasteiger partial charge in [-0.05, 0) is 48.2 Å². The number of aromatic nitrogens is 2. The van der Waals surface area contributed by atoms with Crippen molar-refractivity contribution >= 4 is 11.4 Å². The van der Waals surface area contributed by atoms with Crippen LogP contribution in [0, 0.1) is 0 Å². The second-order valence-electron chi connectivity index (χ2n) is 8.51. The van der Waals surface area contributed by atoms with E-state index in [2.05, 4.69) is 9.97 Å². The van der Waals surface area contributed by atoms with E-state index < -0.39 is 29.8 Å². The molecule has 0 amide bonds. The molecule has 184 valence electrons. The largest absolute Gasteiger partial charge is 0.473 e. The van der Waals surface area contributed by atoms with Gasteiger partial charge >= 0.3 is 12.4 Å². The zero-order valence-electron chi connectivity index (χ0n) is 17.8. The third-order valence-corrected chi connectivity index (χ3v) is 6.15. The van der Waals surface area contributed by atoms with Crippen LogP contribution in [0.3, 0.4) is 0 Å².